The molecule has 124 valence electrons. The molecular formula is C18H19N3O2S. The number of thiazole rings is 1. The molecule has 0 aliphatic carbocycles. The van der Waals surface area contributed by atoms with Crippen LogP contribution in [-0.2, 0) is 6.42 Å². The Morgan fingerprint density at radius 2 is 2.29 bits per heavy atom. The van der Waals surface area contributed by atoms with Gasteiger partial charge in [-0.3, -0.25) is 4.79 Å². The highest BCUT2D eigenvalue weighted by Gasteiger charge is 2.34. The first-order valence-corrected chi connectivity index (χ1v) is 9.20. The maximum absolute atomic E-state index is 12.8. The Balaban J connectivity index is 1.60. The highest BCUT2D eigenvalue weighted by molar-refractivity contribution is 7.18. The van der Waals surface area contributed by atoms with Crippen LogP contribution in [0.4, 0.5) is 0 Å². The van der Waals surface area contributed by atoms with Crippen molar-refractivity contribution in [3.05, 3.63) is 46.8 Å². The van der Waals surface area contributed by atoms with Crippen molar-refractivity contribution < 1.29 is 9.32 Å². The Labute approximate surface area is 144 Å². The molecular weight excluding hydrogens is 322 g/mol. The lowest BCUT2D eigenvalue weighted by molar-refractivity contribution is 0.0725. The summed E-state index contributed by atoms with van der Waals surface area (Å²) < 4.78 is 6.43. The quantitative estimate of drug-likeness (QED) is 0.713. The summed E-state index contributed by atoms with van der Waals surface area (Å²) in [5, 5.41) is 4.98. The predicted molar refractivity (Wildman–Crippen MR) is 93.1 cm³/mol. The van der Waals surface area contributed by atoms with Gasteiger partial charge in [-0.15, -0.1) is 11.3 Å². The largest absolute Gasteiger partial charge is 0.361 e. The third-order valence-electron chi connectivity index (χ3n) is 4.38. The normalized spacial score (nSPS) is 17.7. The van der Waals surface area contributed by atoms with E-state index >= 15 is 0 Å². The van der Waals surface area contributed by atoms with Crippen molar-refractivity contribution >= 4 is 27.5 Å². The summed E-state index contributed by atoms with van der Waals surface area (Å²) in [6.45, 7) is 2.82. The number of para-hydroxylation sites is 1. The fraction of sp³-hybridized carbons (Fsp3) is 0.389. The van der Waals surface area contributed by atoms with E-state index in [1.807, 2.05) is 23.1 Å². The van der Waals surface area contributed by atoms with Gasteiger partial charge in [-0.2, -0.15) is 0 Å². The lowest BCUT2D eigenvalue weighted by Gasteiger charge is -2.21. The number of hydrogen-bond donors (Lipinski definition) is 0. The summed E-state index contributed by atoms with van der Waals surface area (Å²) in [6.07, 6.45) is 3.72. The molecule has 24 heavy (non-hydrogen) atoms. The van der Waals surface area contributed by atoms with Crippen molar-refractivity contribution in [3.8, 4) is 0 Å². The van der Waals surface area contributed by atoms with Crippen molar-refractivity contribution in [1.82, 2.24) is 15.0 Å². The number of nitrogens with zero attached hydrogens (tertiary/aromatic N) is 3. The zero-order valence-corrected chi connectivity index (χ0v) is 14.4. The first-order valence-electron chi connectivity index (χ1n) is 8.38. The zero-order valence-electron chi connectivity index (χ0n) is 13.6. The van der Waals surface area contributed by atoms with Crippen molar-refractivity contribution in [2.75, 3.05) is 6.54 Å². The molecule has 6 heteroatoms. The molecule has 4 rings (SSSR count). The van der Waals surface area contributed by atoms with Gasteiger partial charge in [0.05, 0.1) is 16.3 Å². The van der Waals surface area contributed by atoms with Crippen LogP contribution in [0.3, 0.4) is 0 Å². The van der Waals surface area contributed by atoms with E-state index in [9.17, 15) is 4.79 Å². The van der Waals surface area contributed by atoms with Gasteiger partial charge in [0.2, 0.25) is 0 Å². The third-order valence-corrected chi connectivity index (χ3v) is 5.52. The van der Waals surface area contributed by atoms with Gasteiger partial charge in [-0.1, -0.05) is 24.2 Å². The van der Waals surface area contributed by atoms with E-state index in [1.54, 1.807) is 17.4 Å². The molecule has 2 aromatic heterocycles. The molecule has 3 aromatic rings. The van der Waals surface area contributed by atoms with Crippen LogP contribution < -0.4 is 0 Å². The smallest absolute Gasteiger partial charge is 0.276 e. The number of rotatable bonds is 4. The van der Waals surface area contributed by atoms with Gasteiger partial charge in [0.25, 0.3) is 5.91 Å². The molecule has 1 unspecified atom stereocenters. The fourth-order valence-corrected chi connectivity index (χ4v) is 4.34. The topological polar surface area (TPSA) is 59.2 Å². The second kappa shape index (κ2) is 6.36. The van der Waals surface area contributed by atoms with Gasteiger partial charge in [0, 0.05) is 19.0 Å². The predicted octanol–water partition coefficient (Wildman–Crippen LogP) is 4.21. The minimum absolute atomic E-state index is 0.0428. The number of amides is 1. The summed E-state index contributed by atoms with van der Waals surface area (Å²) in [5.74, 6) is 0.722. The van der Waals surface area contributed by atoms with Crippen molar-refractivity contribution in [2.45, 2.75) is 38.6 Å². The van der Waals surface area contributed by atoms with Crippen LogP contribution >= 0.6 is 11.3 Å². The number of hydrogen-bond acceptors (Lipinski definition) is 5. The summed E-state index contributed by atoms with van der Waals surface area (Å²) in [5.41, 5.74) is 1.41. The van der Waals surface area contributed by atoms with E-state index in [2.05, 4.69) is 18.1 Å². The Morgan fingerprint density at radius 1 is 1.42 bits per heavy atom. The Hall–Kier alpha value is -2.21. The Bertz CT molecular complexity index is 837. The van der Waals surface area contributed by atoms with Crippen LogP contribution in [-0.4, -0.2) is 27.5 Å². The molecule has 1 amide bonds. The lowest BCUT2D eigenvalue weighted by Crippen LogP contribution is -2.30. The van der Waals surface area contributed by atoms with E-state index in [4.69, 9.17) is 9.51 Å². The van der Waals surface area contributed by atoms with Crippen molar-refractivity contribution in [3.63, 3.8) is 0 Å². The monoisotopic (exact) mass is 341 g/mol. The van der Waals surface area contributed by atoms with Gasteiger partial charge in [0.15, 0.2) is 5.69 Å². The maximum atomic E-state index is 12.8. The highest BCUT2D eigenvalue weighted by atomic mass is 32.1. The van der Waals surface area contributed by atoms with Gasteiger partial charge in [0.1, 0.15) is 10.8 Å². The van der Waals surface area contributed by atoms with Crippen LogP contribution in [0.25, 0.3) is 10.2 Å². The van der Waals surface area contributed by atoms with E-state index in [0.29, 0.717) is 5.69 Å². The number of fused-ring (bicyclic) bond motifs is 1. The standard InChI is InChI=1S/C18H19N3O2S/c1-2-6-12-11-14(20-23-12)18(22)21-10-5-8-15(21)17-19-13-7-3-4-9-16(13)24-17/h3-4,7,9,11,15H,2,5-6,8,10H2,1H3. The van der Waals surface area contributed by atoms with Crippen LogP contribution in [0, 0.1) is 0 Å². The van der Waals surface area contributed by atoms with Crippen LogP contribution in [0.2, 0.25) is 0 Å². The molecule has 0 N–H and O–H groups in total. The first kappa shape index (κ1) is 15.3. The summed E-state index contributed by atoms with van der Waals surface area (Å²) in [6, 6.07) is 9.93. The zero-order chi connectivity index (χ0) is 16.5. The second-order valence-electron chi connectivity index (χ2n) is 6.10. The van der Waals surface area contributed by atoms with Crippen LogP contribution in [0.15, 0.2) is 34.9 Å². The third kappa shape index (κ3) is 2.71. The molecule has 1 aromatic carbocycles. The molecule has 1 aliphatic heterocycles. The minimum atomic E-state index is -0.0529. The number of carbonyl (C=O) groups excluding carboxylic acids is 1. The maximum Gasteiger partial charge on any atom is 0.276 e. The van der Waals surface area contributed by atoms with E-state index < -0.39 is 0 Å². The van der Waals surface area contributed by atoms with Crippen LogP contribution in [0.1, 0.15) is 53.5 Å². The SMILES string of the molecule is CCCc1cc(C(=O)N2CCCC2c2nc3ccccc3s2)no1. The number of benzene rings is 1. The van der Waals surface area contributed by atoms with E-state index in [1.165, 1.54) is 4.70 Å². The van der Waals surface area contributed by atoms with Gasteiger partial charge in [-0.05, 0) is 31.4 Å². The Kier molecular flexibility index (Phi) is 4.06. The number of aryl methyl sites for hydroxylation is 1. The summed E-state index contributed by atoms with van der Waals surface area (Å²) in [4.78, 5) is 19.5. The molecule has 0 radical (unpaired) electrons. The average molecular weight is 341 g/mol. The van der Waals surface area contributed by atoms with Crippen LogP contribution in [0.5, 0.6) is 0 Å². The Morgan fingerprint density at radius 3 is 3.12 bits per heavy atom. The minimum Gasteiger partial charge on any atom is -0.361 e. The molecule has 1 saturated heterocycles. The van der Waals surface area contributed by atoms with Crippen molar-refractivity contribution in [1.29, 1.82) is 0 Å². The van der Waals surface area contributed by atoms with Crippen molar-refractivity contribution in [2.24, 2.45) is 0 Å². The molecule has 1 aliphatic rings. The van der Waals surface area contributed by atoms with Gasteiger partial charge >= 0.3 is 0 Å². The average Bonchev–Trinajstić information content (AvgIpc) is 3.32. The number of carbonyl (C=O) groups is 1. The second-order valence-corrected chi connectivity index (χ2v) is 7.17. The van der Waals surface area contributed by atoms with E-state index in [0.717, 1.165) is 48.5 Å². The molecule has 1 fully saturated rings. The summed E-state index contributed by atoms with van der Waals surface area (Å²) >= 11 is 1.68. The molecule has 3 heterocycles. The molecule has 1 atom stereocenters. The molecule has 0 bridgehead atoms. The lowest BCUT2D eigenvalue weighted by atomic mass is 10.2. The summed E-state index contributed by atoms with van der Waals surface area (Å²) in [7, 11) is 0. The van der Waals surface area contributed by atoms with E-state index in [-0.39, 0.29) is 11.9 Å². The highest BCUT2D eigenvalue weighted by Crippen LogP contribution is 2.37. The fourth-order valence-electron chi connectivity index (χ4n) is 3.22. The molecule has 5 nitrogen and oxygen atoms in total. The van der Waals surface area contributed by atoms with Gasteiger partial charge in [-0.25, -0.2) is 4.98 Å². The number of likely N-dealkylation sites (tertiary alicyclic amines) is 1. The molecule has 0 saturated carbocycles. The first-order chi connectivity index (χ1) is 11.8. The van der Waals surface area contributed by atoms with Gasteiger partial charge < -0.3 is 9.42 Å². The number of aromatic nitrogens is 2. The molecule has 0 spiro atoms.